The number of carbonyl (C=O) groups is 1. The fraction of sp³-hybridized carbons (Fsp3) is 0.647. The second-order valence-corrected chi connectivity index (χ2v) is 8.29. The van der Waals surface area contributed by atoms with Crippen molar-refractivity contribution in [2.24, 2.45) is 5.92 Å². The van der Waals surface area contributed by atoms with Gasteiger partial charge in [-0.1, -0.05) is 19.9 Å². The molecule has 1 aromatic heterocycles. The number of ether oxygens (including phenoxy) is 1. The van der Waals surface area contributed by atoms with Crippen LogP contribution in [-0.4, -0.2) is 45.5 Å². The van der Waals surface area contributed by atoms with Gasteiger partial charge in [0.1, 0.15) is 0 Å². The summed E-state index contributed by atoms with van der Waals surface area (Å²) in [6.07, 6.45) is 3.80. The van der Waals surface area contributed by atoms with Gasteiger partial charge in [0, 0.05) is 31.5 Å². The molecule has 1 aromatic rings. The highest BCUT2D eigenvalue weighted by molar-refractivity contribution is 8.01. The first-order valence-corrected chi connectivity index (χ1v) is 8.98. The molecule has 1 atom stereocenters. The monoisotopic (exact) mass is 320 g/mol. The summed E-state index contributed by atoms with van der Waals surface area (Å²) >= 11 is 1.98. The van der Waals surface area contributed by atoms with Gasteiger partial charge in [0.25, 0.3) is 0 Å². The molecule has 3 rings (SSSR count). The molecule has 0 N–H and O–H groups in total. The van der Waals surface area contributed by atoms with Crippen LogP contribution in [0.25, 0.3) is 0 Å². The standard InChI is InChI=1S/C17H24N2O2S/c1-13(2)7-16(20)19-11-17(12-19)8-15(10-22-17)21-9-14-5-3-4-6-18-14/h3-6,13,15H,7-12H2,1-2H3/t15-/m1/s1. The summed E-state index contributed by atoms with van der Waals surface area (Å²) in [5.74, 6) is 1.77. The summed E-state index contributed by atoms with van der Waals surface area (Å²) in [6, 6.07) is 5.90. The van der Waals surface area contributed by atoms with E-state index in [9.17, 15) is 4.79 Å². The summed E-state index contributed by atoms with van der Waals surface area (Å²) < 4.78 is 6.25. The van der Waals surface area contributed by atoms with Gasteiger partial charge in [0.15, 0.2) is 0 Å². The number of amides is 1. The molecule has 5 heteroatoms. The molecule has 4 nitrogen and oxygen atoms in total. The first-order chi connectivity index (χ1) is 10.6. The highest BCUT2D eigenvalue weighted by atomic mass is 32.2. The molecular weight excluding hydrogens is 296 g/mol. The van der Waals surface area contributed by atoms with Crippen molar-refractivity contribution >= 4 is 17.7 Å². The van der Waals surface area contributed by atoms with Gasteiger partial charge in [0.05, 0.1) is 23.2 Å². The average molecular weight is 320 g/mol. The molecule has 0 aromatic carbocycles. The van der Waals surface area contributed by atoms with Crippen LogP contribution in [0.2, 0.25) is 0 Å². The second kappa shape index (κ2) is 6.59. The van der Waals surface area contributed by atoms with Gasteiger partial charge < -0.3 is 9.64 Å². The molecule has 1 spiro atoms. The molecular formula is C17H24N2O2S. The molecule has 0 unspecified atom stereocenters. The van der Waals surface area contributed by atoms with E-state index in [2.05, 4.69) is 18.8 Å². The van der Waals surface area contributed by atoms with Crippen LogP contribution in [0.15, 0.2) is 24.4 Å². The highest BCUT2D eigenvalue weighted by Gasteiger charge is 2.50. The zero-order valence-electron chi connectivity index (χ0n) is 13.3. The van der Waals surface area contributed by atoms with Gasteiger partial charge in [-0.3, -0.25) is 9.78 Å². The van der Waals surface area contributed by atoms with E-state index in [1.807, 2.05) is 34.9 Å². The maximum absolute atomic E-state index is 12.0. The number of hydrogen-bond donors (Lipinski definition) is 0. The molecule has 0 saturated carbocycles. The SMILES string of the molecule is CC(C)CC(=O)N1CC2(C[C@@H](OCc3ccccn3)CS2)C1. The molecule has 2 saturated heterocycles. The normalized spacial score (nSPS) is 23.0. The van der Waals surface area contributed by atoms with Crippen LogP contribution >= 0.6 is 11.8 Å². The first-order valence-electron chi connectivity index (χ1n) is 8.00. The maximum atomic E-state index is 12.0. The average Bonchev–Trinajstić information content (AvgIpc) is 2.88. The summed E-state index contributed by atoms with van der Waals surface area (Å²) in [5.41, 5.74) is 0.982. The van der Waals surface area contributed by atoms with Crippen LogP contribution in [0.4, 0.5) is 0 Å². The number of thioether (sulfide) groups is 1. The Kier molecular flexibility index (Phi) is 4.73. The van der Waals surface area contributed by atoms with Gasteiger partial charge in [0.2, 0.25) is 5.91 Å². The molecule has 0 radical (unpaired) electrons. The summed E-state index contributed by atoms with van der Waals surface area (Å²) in [6.45, 7) is 6.57. The van der Waals surface area contributed by atoms with Crippen molar-refractivity contribution in [3.05, 3.63) is 30.1 Å². The molecule has 2 aliphatic rings. The number of carbonyl (C=O) groups excluding carboxylic acids is 1. The van der Waals surface area contributed by atoms with E-state index >= 15 is 0 Å². The smallest absolute Gasteiger partial charge is 0.222 e. The molecule has 1 amide bonds. The molecule has 22 heavy (non-hydrogen) atoms. The third-order valence-electron chi connectivity index (χ3n) is 4.26. The van der Waals surface area contributed by atoms with E-state index in [-0.39, 0.29) is 10.9 Å². The van der Waals surface area contributed by atoms with E-state index in [0.29, 0.717) is 24.9 Å². The quantitative estimate of drug-likeness (QED) is 0.836. The summed E-state index contributed by atoms with van der Waals surface area (Å²) in [7, 11) is 0. The Balaban J connectivity index is 1.43. The Bertz CT molecular complexity index is 515. The predicted octanol–water partition coefficient (Wildman–Crippen LogP) is 2.73. The predicted molar refractivity (Wildman–Crippen MR) is 88.7 cm³/mol. The third kappa shape index (κ3) is 3.63. The Hall–Kier alpha value is -1.07. The number of rotatable bonds is 5. The lowest BCUT2D eigenvalue weighted by Gasteiger charge is -2.47. The topological polar surface area (TPSA) is 42.4 Å². The fourth-order valence-corrected chi connectivity index (χ4v) is 4.67. The highest BCUT2D eigenvalue weighted by Crippen LogP contribution is 2.46. The van der Waals surface area contributed by atoms with Crippen LogP contribution < -0.4 is 0 Å². The molecule has 0 aliphatic carbocycles. The molecule has 2 fully saturated rings. The Labute approximate surface area is 136 Å². The zero-order valence-corrected chi connectivity index (χ0v) is 14.1. The minimum Gasteiger partial charge on any atom is -0.371 e. The van der Waals surface area contributed by atoms with E-state index in [0.717, 1.165) is 31.0 Å². The first kappa shape index (κ1) is 15.8. The number of likely N-dealkylation sites (tertiary alicyclic amines) is 1. The Morgan fingerprint density at radius 3 is 3.00 bits per heavy atom. The van der Waals surface area contributed by atoms with Crippen molar-refractivity contribution in [3.8, 4) is 0 Å². The summed E-state index contributed by atoms with van der Waals surface area (Å²) in [5, 5.41) is 0. The van der Waals surface area contributed by atoms with Crippen LogP contribution in [0.3, 0.4) is 0 Å². The van der Waals surface area contributed by atoms with Gasteiger partial charge in [-0.25, -0.2) is 0 Å². The molecule has 3 heterocycles. The van der Waals surface area contributed by atoms with Crippen molar-refractivity contribution < 1.29 is 9.53 Å². The van der Waals surface area contributed by atoms with E-state index in [1.165, 1.54) is 0 Å². The van der Waals surface area contributed by atoms with Crippen molar-refractivity contribution in [2.75, 3.05) is 18.8 Å². The zero-order chi connectivity index (χ0) is 15.6. The largest absolute Gasteiger partial charge is 0.371 e. The van der Waals surface area contributed by atoms with Crippen LogP contribution in [0.1, 0.15) is 32.4 Å². The Morgan fingerprint density at radius 2 is 2.32 bits per heavy atom. The van der Waals surface area contributed by atoms with Crippen molar-refractivity contribution in [1.82, 2.24) is 9.88 Å². The van der Waals surface area contributed by atoms with Crippen LogP contribution in [0, 0.1) is 5.92 Å². The van der Waals surface area contributed by atoms with Crippen molar-refractivity contribution in [1.29, 1.82) is 0 Å². The number of hydrogen-bond acceptors (Lipinski definition) is 4. The van der Waals surface area contributed by atoms with E-state index in [4.69, 9.17) is 4.74 Å². The fourth-order valence-electron chi connectivity index (χ4n) is 3.12. The summed E-state index contributed by atoms with van der Waals surface area (Å²) in [4.78, 5) is 18.3. The van der Waals surface area contributed by atoms with E-state index in [1.54, 1.807) is 6.20 Å². The van der Waals surface area contributed by atoms with Gasteiger partial charge in [-0.05, 0) is 24.5 Å². The number of nitrogens with zero attached hydrogens (tertiary/aromatic N) is 2. The van der Waals surface area contributed by atoms with Crippen molar-refractivity contribution in [3.63, 3.8) is 0 Å². The lowest BCUT2D eigenvalue weighted by atomic mass is 9.92. The second-order valence-electron chi connectivity index (χ2n) is 6.80. The minimum atomic E-state index is 0.251. The van der Waals surface area contributed by atoms with Gasteiger partial charge in [-0.2, -0.15) is 0 Å². The van der Waals surface area contributed by atoms with Crippen LogP contribution in [-0.2, 0) is 16.1 Å². The molecule has 2 aliphatic heterocycles. The third-order valence-corrected chi connectivity index (χ3v) is 5.84. The van der Waals surface area contributed by atoms with Gasteiger partial charge >= 0.3 is 0 Å². The number of pyridine rings is 1. The van der Waals surface area contributed by atoms with Crippen LogP contribution in [0.5, 0.6) is 0 Å². The van der Waals surface area contributed by atoms with Crippen molar-refractivity contribution in [2.45, 2.75) is 44.1 Å². The lowest BCUT2D eigenvalue weighted by molar-refractivity contribution is -0.137. The number of aromatic nitrogens is 1. The minimum absolute atomic E-state index is 0.251. The Morgan fingerprint density at radius 1 is 1.50 bits per heavy atom. The van der Waals surface area contributed by atoms with E-state index < -0.39 is 0 Å². The van der Waals surface area contributed by atoms with Gasteiger partial charge in [-0.15, -0.1) is 11.8 Å². The molecule has 120 valence electrons. The maximum Gasteiger partial charge on any atom is 0.222 e. The lowest BCUT2D eigenvalue weighted by Crippen LogP contribution is -2.60. The molecule has 0 bridgehead atoms.